The van der Waals surface area contributed by atoms with Crippen LogP contribution in [0.25, 0.3) is 10.1 Å². The third-order valence-corrected chi connectivity index (χ3v) is 5.42. The van der Waals surface area contributed by atoms with Gasteiger partial charge in [-0.25, -0.2) is 4.79 Å². The van der Waals surface area contributed by atoms with Crippen molar-refractivity contribution in [1.82, 2.24) is 9.27 Å². The van der Waals surface area contributed by atoms with Gasteiger partial charge in [-0.2, -0.15) is 4.37 Å². The summed E-state index contributed by atoms with van der Waals surface area (Å²) >= 11 is 1.27. The molecule has 1 unspecified atom stereocenters. The summed E-state index contributed by atoms with van der Waals surface area (Å²) in [4.78, 5) is 16.1. The van der Waals surface area contributed by atoms with Crippen LogP contribution in [0, 0.1) is 0 Å². The molecule has 0 radical (unpaired) electrons. The molecule has 0 bridgehead atoms. The molecule has 0 aliphatic carbocycles. The quantitative estimate of drug-likeness (QED) is 0.922. The lowest BCUT2D eigenvalue weighted by atomic mass is 10.1. The topological polar surface area (TPSA) is 56.7 Å². The van der Waals surface area contributed by atoms with Crippen molar-refractivity contribution in [3.63, 3.8) is 0 Å². The van der Waals surface area contributed by atoms with E-state index in [1.54, 1.807) is 0 Å². The minimum Gasteiger partial charge on any atom is -0.476 e. The summed E-state index contributed by atoms with van der Waals surface area (Å²) in [5.41, 5.74) is 1.36. The van der Waals surface area contributed by atoms with Gasteiger partial charge in [0.15, 0.2) is 5.69 Å². The number of carboxylic acids is 1. The van der Waals surface area contributed by atoms with Crippen LogP contribution in [-0.4, -0.2) is 52.6 Å². The van der Waals surface area contributed by atoms with Gasteiger partial charge in [0, 0.05) is 36.7 Å². The normalized spacial score (nSPS) is 22.7. The second kappa shape index (κ2) is 4.96. The summed E-state index contributed by atoms with van der Waals surface area (Å²) in [7, 11) is 0. The summed E-state index contributed by atoms with van der Waals surface area (Å²) in [6, 6.07) is 6.71. The molecule has 110 valence electrons. The van der Waals surface area contributed by atoms with E-state index in [1.165, 1.54) is 36.6 Å². The molecule has 0 amide bonds. The first-order valence-corrected chi connectivity index (χ1v) is 8.11. The van der Waals surface area contributed by atoms with Crippen LogP contribution in [0.15, 0.2) is 18.2 Å². The molecule has 4 rings (SSSR count). The first kappa shape index (κ1) is 13.0. The summed E-state index contributed by atoms with van der Waals surface area (Å²) in [5.74, 6) is -0.950. The maximum Gasteiger partial charge on any atom is 0.356 e. The Morgan fingerprint density at radius 1 is 1.33 bits per heavy atom. The summed E-state index contributed by atoms with van der Waals surface area (Å²) in [6.07, 6.45) is 2.61. The number of nitrogens with zero attached hydrogens (tertiary/aromatic N) is 3. The zero-order valence-corrected chi connectivity index (χ0v) is 12.5. The lowest BCUT2D eigenvalue weighted by molar-refractivity contribution is 0.0694. The average Bonchev–Trinajstić information content (AvgIpc) is 3.12. The zero-order chi connectivity index (χ0) is 14.4. The maximum atomic E-state index is 11.1. The predicted molar refractivity (Wildman–Crippen MR) is 83.4 cm³/mol. The van der Waals surface area contributed by atoms with Gasteiger partial charge in [-0.3, -0.25) is 4.90 Å². The van der Waals surface area contributed by atoms with E-state index >= 15 is 0 Å². The highest BCUT2D eigenvalue weighted by molar-refractivity contribution is 7.13. The molecule has 2 fully saturated rings. The van der Waals surface area contributed by atoms with Crippen molar-refractivity contribution >= 4 is 33.3 Å². The Labute approximate surface area is 126 Å². The molecule has 1 N–H and O–H groups in total. The highest BCUT2D eigenvalue weighted by Gasteiger charge is 2.30. The lowest BCUT2D eigenvalue weighted by Crippen LogP contribution is -2.50. The van der Waals surface area contributed by atoms with Gasteiger partial charge in [0.25, 0.3) is 0 Å². The van der Waals surface area contributed by atoms with Crippen LogP contribution >= 0.6 is 11.5 Å². The van der Waals surface area contributed by atoms with Gasteiger partial charge in [-0.05, 0) is 49.1 Å². The number of anilines is 1. The number of hydrogen-bond donors (Lipinski definition) is 1. The first-order valence-electron chi connectivity index (χ1n) is 7.34. The average molecular weight is 303 g/mol. The highest BCUT2D eigenvalue weighted by atomic mass is 32.1. The van der Waals surface area contributed by atoms with Crippen molar-refractivity contribution in [1.29, 1.82) is 0 Å². The minimum atomic E-state index is -0.950. The minimum absolute atomic E-state index is 0.169. The summed E-state index contributed by atoms with van der Waals surface area (Å²) in [6.45, 7) is 4.50. The van der Waals surface area contributed by atoms with Crippen molar-refractivity contribution < 1.29 is 9.90 Å². The van der Waals surface area contributed by atoms with Gasteiger partial charge in [0.05, 0.1) is 4.70 Å². The number of piperazine rings is 1. The van der Waals surface area contributed by atoms with Gasteiger partial charge in [0.2, 0.25) is 0 Å². The third-order valence-electron chi connectivity index (χ3n) is 4.61. The number of carboxylic acid groups (broad SMARTS) is 1. The number of hydrogen-bond acceptors (Lipinski definition) is 5. The molecule has 1 aromatic carbocycles. The molecule has 1 aromatic heterocycles. The van der Waals surface area contributed by atoms with E-state index < -0.39 is 5.97 Å². The molecule has 6 heteroatoms. The SMILES string of the molecule is O=C(O)c1nsc2cc(N3CCN4CCCC4C3)ccc12. The smallest absolute Gasteiger partial charge is 0.356 e. The van der Waals surface area contributed by atoms with Gasteiger partial charge in [-0.15, -0.1) is 0 Å². The van der Waals surface area contributed by atoms with Gasteiger partial charge in [0.1, 0.15) is 0 Å². The second-order valence-electron chi connectivity index (χ2n) is 5.79. The molecule has 5 nitrogen and oxygen atoms in total. The Morgan fingerprint density at radius 3 is 3.10 bits per heavy atom. The van der Waals surface area contributed by atoms with Crippen molar-refractivity contribution in [2.24, 2.45) is 0 Å². The zero-order valence-electron chi connectivity index (χ0n) is 11.7. The molecule has 0 saturated carbocycles. The second-order valence-corrected chi connectivity index (χ2v) is 6.60. The number of aromatic nitrogens is 1. The first-order chi connectivity index (χ1) is 10.2. The number of aromatic carboxylic acids is 1. The van der Waals surface area contributed by atoms with Crippen LogP contribution in [-0.2, 0) is 0 Å². The Bertz CT molecular complexity index is 699. The van der Waals surface area contributed by atoms with Crippen LogP contribution in [0.1, 0.15) is 23.3 Å². The monoisotopic (exact) mass is 303 g/mol. The van der Waals surface area contributed by atoms with Crippen LogP contribution in [0.5, 0.6) is 0 Å². The van der Waals surface area contributed by atoms with Crippen LogP contribution < -0.4 is 4.90 Å². The number of carbonyl (C=O) groups is 1. The van der Waals surface area contributed by atoms with Gasteiger partial charge < -0.3 is 10.0 Å². The van der Waals surface area contributed by atoms with E-state index in [0.29, 0.717) is 6.04 Å². The lowest BCUT2D eigenvalue weighted by Gasteiger charge is -2.38. The van der Waals surface area contributed by atoms with E-state index in [1.807, 2.05) is 12.1 Å². The molecular weight excluding hydrogens is 286 g/mol. The Balaban J connectivity index is 1.63. The fourth-order valence-corrected chi connectivity index (χ4v) is 4.31. The van der Waals surface area contributed by atoms with Crippen LogP contribution in [0.3, 0.4) is 0 Å². The summed E-state index contributed by atoms with van der Waals surface area (Å²) in [5, 5.41) is 9.87. The molecule has 0 spiro atoms. The fraction of sp³-hybridized carbons (Fsp3) is 0.467. The van der Waals surface area contributed by atoms with E-state index in [-0.39, 0.29) is 5.69 Å². The predicted octanol–water partition coefficient (Wildman–Crippen LogP) is 2.28. The molecule has 2 aliphatic rings. The fourth-order valence-electron chi connectivity index (χ4n) is 3.50. The standard InChI is InChI=1S/C15H17N3O2S/c19-15(20)14-12-4-3-10(8-13(12)21-16-14)18-7-6-17-5-1-2-11(17)9-18/h3-4,8,11H,1-2,5-7,9H2,(H,19,20). The molecule has 2 aliphatic heterocycles. The molecule has 1 atom stereocenters. The Hall–Kier alpha value is -1.66. The van der Waals surface area contributed by atoms with Crippen molar-refractivity contribution in [3.05, 3.63) is 23.9 Å². The van der Waals surface area contributed by atoms with Gasteiger partial charge in [-0.1, -0.05) is 0 Å². The largest absolute Gasteiger partial charge is 0.476 e. The highest BCUT2D eigenvalue weighted by Crippen LogP contribution is 2.30. The summed E-state index contributed by atoms with van der Waals surface area (Å²) < 4.78 is 5.01. The number of rotatable bonds is 2. The van der Waals surface area contributed by atoms with Crippen LogP contribution in [0.2, 0.25) is 0 Å². The Kier molecular flexibility index (Phi) is 3.08. The van der Waals surface area contributed by atoms with Crippen molar-refractivity contribution in [2.45, 2.75) is 18.9 Å². The molecule has 2 aromatic rings. The molecule has 21 heavy (non-hydrogen) atoms. The van der Waals surface area contributed by atoms with Crippen LogP contribution in [0.4, 0.5) is 5.69 Å². The molecule has 2 saturated heterocycles. The Morgan fingerprint density at radius 2 is 2.24 bits per heavy atom. The molecular formula is C15H17N3O2S. The van der Waals surface area contributed by atoms with Gasteiger partial charge >= 0.3 is 5.97 Å². The maximum absolute atomic E-state index is 11.1. The molecule has 3 heterocycles. The van der Waals surface area contributed by atoms with E-state index in [0.717, 1.165) is 29.7 Å². The number of benzene rings is 1. The van der Waals surface area contributed by atoms with E-state index in [2.05, 4.69) is 20.2 Å². The number of fused-ring (bicyclic) bond motifs is 2. The van der Waals surface area contributed by atoms with E-state index in [4.69, 9.17) is 5.11 Å². The van der Waals surface area contributed by atoms with E-state index in [9.17, 15) is 4.79 Å². The van der Waals surface area contributed by atoms with Crippen molar-refractivity contribution in [3.8, 4) is 0 Å². The van der Waals surface area contributed by atoms with Crippen molar-refractivity contribution in [2.75, 3.05) is 31.1 Å². The third kappa shape index (κ3) is 2.18.